The van der Waals surface area contributed by atoms with Crippen molar-refractivity contribution in [3.8, 4) is 0 Å². The van der Waals surface area contributed by atoms with E-state index < -0.39 is 8.80 Å². The van der Waals surface area contributed by atoms with Gasteiger partial charge in [0.05, 0.1) is 14.0 Å². The van der Waals surface area contributed by atoms with E-state index in [0.717, 1.165) is 6.61 Å². The van der Waals surface area contributed by atoms with E-state index in [9.17, 15) is 0 Å². The first kappa shape index (κ1) is 10.9. The van der Waals surface area contributed by atoms with Crippen LogP contribution in [0.4, 0.5) is 0 Å². The molecule has 0 spiro atoms. The van der Waals surface area contributed by atoms with E-state index in [2.05, 4.69) is 43.4 Å². The summed E-state index contributed by atoms with van der Waals surface area (Å²) in [6, 6.07) is 10.8. The Balaban J connectivity index is 2.34. The zero-order chi connectivity index (χ0) is 10.7. The van der Waals surface area contributed by atoms with Crippen molar-refractivity contribution in [3.05, 3.63) is 35.9 Å². The van der Waals surface area contributed by atoms with Gasteiger partial charge in [-0.25, -0.2) is 0 Å². The summed E-state index contributed by atoms with van der Waals surface area (Å²) in [6.45, 7) is 5.75. The first-order chi connectivity index (χ1) is 7.26. The van der Waals surface area contributed by atoms with E-state index in [1.54, 1.807) is 0 Å². The zero-order valence-electron chi connectivity index (χ0n) is 9.70. The Morgan fingerprint density at radius 3 is 2.40 bits per heavy atom. The van der Waals surface area contributed by atoms with Gasteiger partial charge in [-0.05, 0) is 24.8 Å². The van der Waals surface area contributed by atoms with E-state index in [0.29, 0.717) is 0 Å². The van der Waals surface area contributed by atoms with Crippen molar-refractivity contribution in [1.82, 2.24) is 0 Å². The smallest absolute Gasteiger partial charge is 0.0787 e. The van der Waals surface area contributed by atoms with Crippen LogP contribution in [0.25, 0.3) is 0 Å². The lowest BCUT2D eigenvalue weighted by Gasteiger charge is -2.41. The highest BCUT2D eigenvalue weighted by Gasteiger charge is 2.38. The molecule has 1 aromatic carbocycles. The third-order valence-electron chi connectivity index (χ3n) is 3.50. The third kappa shape index (κ3) is 2.01. The quantitative estimate of drug-likeness (QED) is 0.696. The molecule has 1 fully saturated rings. The largest absolute Gasteiger partial charge is 0.374 e. The molecule has 1 unspecified atom stereocenters. The molecule has 1 nitrogen and oxygen atoms in total. The van der Waals surface area contributed by atoms with Crippen LogP contribution in [0.5, 0.6) is 0 Å². The van der Waals surface area contributed by atoms with E-state index in [-0.39, 0.29) is 5.22 Å². The average Bonchev–Trinajstić information content (AvgIpc) is 2.31. The molecule has 0 amide bonds. The molecular weight excluding hydrogens is 200 g/mol. The van der Waals surface area contributed by atoms with Gasteiger partial charge >= 0.3 is 0 Å². The second-order valence-electron chi connectivity index (χ2n) is 4.72. The highest BCUT2D eigenvalue weighted by Crippen LogP contribution is 2.37. The van der Waals surface area contributed by atoms with Crippen LogP contribution in [0.3, 0.4) is 0 Å². The Hall–Kier alpha value is -0.603. The fraction of sp³-hybridized carbons (Fsp3) is 0.538. The molecule has 1 atom stereocenters. The Morgan fingerprint density at radius 2 is 1.87 bits per heavy atom. The van der Waals surface area contributed by atoms with Gasteiger partial charge in [0.1, 0.15) is 0 Å². The van der Waals surface area contributed by atoms with E-state index in [1.165, 1.54) is 24.8 Å². The predicted molar refractivity (Wildman–Crippen MR) is 66.8 cm³/mol. The van der Waals surface area contributed by atoms with Gasteiger partial charge in [-0.2, -0.15) is 0 Å². The molecule has 1 heterocycles. The predicted octanol–water partition coefficient (Wildman–Crippen LogP) is 3.11. The lowest BCUT2D eigenvalue weighted by Crippen LogP contribution is -2.44. The maximum atomic E-state index is 6.17. The van der Waals surface area contributed by atoms with Crippen LogP contribution in [-0.4, -0.2) is 15.4 Å². The summed E-state index contributed by atoms with van der Waals surface area (Å²) in [4.78, 5) is 0. The van der Waals surface area contributed by atoms with Gasteiger partial charge < -0.3 is 4.74 Å². The van der Waals surface area contributed by atoms with Crippen molar-refractivity contribution in [2.75, 3.05) is 6.61 Å². The van der Waals surface area contributed by atoms with Crippen LogP contribution in [0, 0.1) is 0 Å². The summed E-state index contributed by atoms with van der Waals surface area (Å²) in [5.74, 6) is 0. The minimum absolute atomic E-state index is 0.111. The molecule has 1 aliphatic heterocycles. The van der Waals surface area contributed by atoms with E-state index in [4.69, 9.17) is 4.74 Å². The minimum Gasteiger partial charge on any atom is -0.374 e. The number of rotatable bonds is 2. The van der Waals surface area contributed by atoms with E-state index >= 15 is 0 Å². The fourth-order valence-electron chi connectivity index (χ4n) is 2.55. The number of ether oxygens (including phenoxy) is 1. The Bertz CT molecular complexity index is 302. The van der Waals surface area contributed by atoms with Gasteiger partial charge in [-0.1, -0.05) is 43.4 Å². The van der Waals surface area contributed by atoms with Gasteiger partial charge in [-0.15, -0.1) is 0 Å². The van der Waals surface area contributed by atoms with Crippen LogP contribution in [0.1, 0.15) is 24.8 Å². The minimum atomic E-state index is -0.837. The molecule has 15 heavy (non-hydrogen) atoms. The Labute approximate surface area is 94.1 Å². The molecule has 0 radical (unpaired) electrons. The first-order valence-electron chi connectivity index (χ1n) is 5.95. The Morgan fingerprint density at radius 1 is 1.13 bits per heavy atom. The van der Waals surface area contributed by atoms with Gasteiger partial charge in [0.15, 0.2) is 0 Å². The molecule has 1 aliphatic rings. The molecule has 0 aromatic heterocycles. The molecule has 0 aliphatic carbocycles. The number of hydrogen-bond donors (Lipinski definition) is 0. The van der Waals surface area contributed by atoms with Crippen molar-refractivity contribution >= 4 is 8.80 Å². The second-order valence-corrected chi connectivity index (χ2v) is 7.96. The fourth-order valence-corrected chi connectivity index (χ4v) is 4.64. The maximum absolute atomic E-state index is 6.17. The monoisotopic (exact) mass is 220 g/mol. The lowest BCUT2D eigenvalue weighted by atomic mass is 10.0. The average molecular weight is 220 g/mol. The maximum Gasteiger partial charge on any atom is 0.0787 e. The van der Waals surface area contributed by atoms with Crippen molar-refractivity contribution in [2.45, 2.75) is 37.6 Å². The summed E-state index contributed by atoms with van der Waals surface area (Å²) in [6.07, 6.45) is 3.77. The molecule has 0 bridgehead atoms. The highest BCUT2D eigenvalue weighted by molar-refractivity contribution is 6.58. The Kier molecular flexibility index (Phi) is 3.27. The number of benzene rings is 1. The molecule has 1 aromatic rings. The summed E-state index contributed by atoms with van der Waals surface area (Å²) >= 11 is 0. The molecule has 2 rings (SSSR count). The van der Waals surface area contributed by atoms with Gasteiger partial charge in [0.2, 0.25) is 0 Å². The summed E-state index contributed by atoms with van der Waals surface area (Å²) in [5.41, 5.74) is 1.41. The highest BCUT2D eigenvalue weighted by atomic mass is 28.3. The normalized spacial score (nSPS) is 26.9. The summed E-state index contributed by atoms with van der Waals surface area (Å²) in [5, 5.41) is 0.111. The summed E-state index contributed by atoms with van der Waals surface area (Å²) in [7, 11) is -0.837. The van der Waals surface area contributed by atoms with E-state index in [1.807, 2.05) is 0 Å². The first-order valence-corrected chi connectivity index (χ1v) is 8.84. The van der Waals surface area contributed by atoms with Crippen LogP contribution < -0.4 is 0 Å². The summed E-state index contributed by atoms with van der Waals surface area (Å²) < 4.78 is 6.17. The molecule has 82 valence electrons. The second kappa shape index (κ2) is 4.50. The standard InChI is InChI=1S/C13H20OSi/c1-15(2)13(10-6-7-11-14-13)12-8-4-3-5-9-12/h3-5,8-9,15H,6-7,10-11H2,1-2H3. The number of hydrogen-bond acceptors (Lipinski definition) is 1. The molecule has 2 heteroatoms. The van der Waals surface area contributed by atoms with Crippen molar-refractivity contribution in [2.24, 2.45) is 0 Å². The molecule has 0 N–H and O–H groups in total. The van der Waals surface area contributed by atoms with Crippen molar-refractivity contribution in [3.63, 3.8) is 0 Å². The molecule has 0 saturated carbocycles. The molecular formula is C13H20OSi. The van der Waals surface area contributed by atoms with Gasteiger partial charge in [-0.3, -0.25) is 0 Å². The topological polar surface area (TPSA) is 9.23 Å². The van der Waals surface area contributed by atoms with Crippen LogP contribution in [0.15, 0.2) is 30.3 Å². The van der Waals surface area contributed by atoms with Crippen LogP contribution in [0.2, 0.25) is 13.1 Å². The van der Waals surface area contributed by atoms with Crippen LogP contribution in [-0.2, 0) is 9.96 Å². The molecule has 1 saturated heterocycles. The van der Waals surface area contributed by atoms with Gasteiger partial charge in [0, 0.05) is 6.61 Å². The third-order valence-corrected chi connectivity index (χ3v) is 6.15. The SMILES string of the molecule is C[SiH](C)C1(c2ccccc2)CCCCO1. The van der Waals surface area contributed by atoms with Crippen molar-refractivity contribution < 1.29 is 4.74 Å². The van der Waals surface area contributed by atoms with Crippen molar-refractivity contribution in [1.29, 1.82) is 0 Å². The van der Waals surface area contributed by atoms with Gasteiger partial charge in [0.25, 0.3) is 0 Å². The van der Waals surface area contributed by atoms with Crippen LogP contribution >= 0.6 is 0 Å². The zero-order valence-corrected chi connectivity index (χ0v) is 10.9. The lowest BCUT2D eigenvalue weighted by molar-refractivity contribution is -0.0264.